The van der Waals surface area contributed by atoms with Crippen LogP contribution in [0.5, 0.6) is 0 Å². The highest BCUT2D eigenvalue weighted by atomic mass is 32.2. The molecule has 0 saturated carbocycles. The molecule has 2 heterocycles. The summed E-state index contributed by atoms with van der Waals surface area (Å²) in [6.07, 6.45) is 1.64. The van der Waals surface area contributed by atoms with E-state index in [2.05, 4.69) is 15.5 Å². The predicted molar refractivity (Wildman–Crippen MR) is 75.2 cm³/mol. The lowest BCUT2D eigenvalue weighted by Crippen LogP contribution is -2.41. The van der Waals surface area contributed by atoms with Gasteiger partial charge in [-0.05, 0) is 6.07 Å². The van der Waals surface area contributed by atoms with Crippen molar-refractivity contribution < 1.29 is 14.3 Å². The zero-order chi connectivity index (χ0) is 14.2. The second-order valence-electron chi connectivity index (χ2n) is 4.34. The molecule has 0 radical (unpaired) electrons. The fraction of sp³-hybridized carbons (Fsp3) is 0.583. The molecular formula is C12H18N4O3S. The van der Waals surface area contributed by atoms with Crippen LogP contribution in [0, 0.1) is 0 Å². The highest BCUT2D eigenvalue weighted by Gasteiger charge is 2.16. The van der Waals surface area contributed by atoms with Crippen molar-refractivity contribution in [2.45, 2.75) is 6.54 Å². The van der Waals surface area contributed by atoms with E-state index in [1.807, 2.05) is 0 Å². The van der Waals surface area contributed by atoms with E-state index in [0.717, 1.165) is 5.69 Å². The molecule has 0 unspecified atom stereocenters. The minimum Gasteiger partial charge on any atom is -0.378 e. The number of rotatable bonds is 6. The molecule has 2 rings (SSSR count). The van der Waals surface area contributed by atoms with Crippen LogP contribution in [-0.4, -0.2) is 64.7 Å². The molecule has 1 aliphatic heterocycles. The SMILES string of the molecule is O=C(CSCC(=O)N1CCOCC1)NCc1ccn[nH]1. The Morgan fingerprint density at radius 3 is 2.90 bits per heavy atom. The lowest BCUT2D eigenvalue weighted by Gasteiger charge is -2.26. The lowest BCUT2D eigenvalue weighted by atomic mass is 10.4. The number of amides is 2. The number of aromatic amines is 1. The maximum atomic E-state index is 11.8. The number of aromatic nitrogens is 2. The van der Waals surface area contributed by atoms with E-state index >= 15 is 0 Å². The van der Waals surface area contributed by atoms with Gasteiger partial charge in [0.25, 0.3) is 0 Å². The molecule has 0 atom stereocenters. The average Bonchev–Trinajstić information content (AvgIpc) is 2.99. The van der Waals surface area contributed by atoms with Gasteiger partial charge < -0.3 is 15.0 Å². The summed E-state index contributed by atoms with van der Waals surface area (Å²) in [5.74, 6) is 0.598. The number of carbonyl (C=O) groups excluding carboxylic acids is 2. The van der Waals surface area contributed by atoms with Crippen LogP contribution in [0.25, 0.3) is 0 Å². The first-order chi connectivity index (χ1) is 9.75. The predicted octanol–water partition coefficient (Wildman–Crippen LogP) is -0.382. The van der Waals surface area contributed by atoms with E-state index in [-0.39, 0.29) is 17.6 Å². The molecule has 1 saturated heterocycles. The molecule has 0 aromatic carbocycles. The molecule has 8 heteroatoms. The van der Waals surface area contributed by atoms with Crippen molar-refractivity contribution in [1.82, 2.24) is 20.4 Å². The minimum atomic E-state index is -0.0839. The molecule has 0 spiro atoms. The Kier molecular flexibility index (Phi) is 5.87. The number of ether oxygens (including phenoxy) is 1. The normalized spacial score (nSPS) is 15.1. The van der Waals surface area contributed by atoms with Gasteiger partial charge in [0.1, 0.15) is 0 Å². The fourth-order valence-corrected chi connectivity index (χ4v) is 2.51. The molecule has 1 aromatic rings. The largest absolute Gasteiger partial charge is 0.378 e. The van der Waals surface area contributed by atoms with E-state index in [1.54, 1.807) is 17.2 Å². The second-order valence-corrected chi connectivity index (χ2v) is 5.33. The number of hydrogen-bond acceptors (Lipinski definition) is 5. The Morgan fingerprint density at radius 2 is 2.20 bits per heavy atom. The van der Waals surface area contributed by atoms with E-state index in [0.29, 0.717) is 38.6 Å². The van der Waals surface area contributed by atoms with Crippen molar-refractivity contribution in [2.75, 3.05) is 37.8 Å². The summed E-state index contributed by atoms with van der Waals surface area (Å²) in [5, 5.41) is 9.32. The van der Waals surface area contributed by atoms with Crippen molar-refractivity contribution >= 4 is 23.6 Å². The number of H-pyrrole nitrogens is 1. The van der Waals surface area contributed by atoms with Gasteiger partial charge in [-0.3, -0.25) is 14.7 Å². The van der Waals surface area contributed by atoms with Crippen LogP contribution in [0.15, 0.2) is 12.3 Å². The van der Waals surface area contributed by atoms with Crippen LogP contribution in [0.3, 0.4) is 0 Å². The number of morpholine rings is 1. The Morgan fingerprint density at radius 1 is 1.40 bits per heavy atom. The van der Waals surface area contributed by atoms with Crippen LogP contribution in [-0.2, 0) is 20.9 Å². The molecule has 110 valence electrons. The van der Waals surface area contributed by atoms with E-state index in [9.17, 15) is 9.59 Å². The molecule has 20 heavy (non-hydrogen) atoms. The summed E-state index contributed by atoms with van der Waals surface area (Å²) in [7, 11) is 0. The van der Waals surface area contributed by atoms with Gasteiger partial charge in [0.15, 0.2) is 0 Å². The van der Waals surface area contributed by atoms with Gasteiger partial charge in [0.05, 0.1) is 37.0 Å². The highest BCUT2D eigenvalue weighted by Crippen LogP contribution is 2.05. The van der Waals surface area contributed by atoms with Crippen LogP contribution >= 0.6 is 11.8 Å². The third-order valence-corrected chi connectivity index (χ3v) is 3.77. The number of carbonyl (C=O) groups is 2. The van der Waals surface area contributed by atoms with Gasteiger partial charge in [-0.2, -0.15) is 5.10 Å². The smallest absolute Gasteiger partial charge is 0.232 e. The third-order valence-electron chi connectivity index (χ3n) is 2.86. The van der Waals surface area contributed by atoms with Gasteiger partial charge in [0, 0.05) is 19.3 Å². The van der Waals surface area contributed by atoms with Gasteiger partial charge in [-0.15, -0.1) is 11.8 Å². The second kappa shape index (κ2) is 7.91. The molecule has 1 fully saturated rings. The lowest BCUT2D eigenvalue weighted by molar-refractivity contribution is -0.132. The Balaban J connectivity index is 1.57. The van der Waals surface area contributed by atoms with Crippen molar-refractivity contribution in [3.05, 3.63) is 18.0 Å². The molecule has 7 nitrogen and oxygen atoms in total. The molecule has 2 amide bonds. The van der Waals surface area contributed by atoms with Crippen molar-refractivity contribution in [3.8, 4) is 0 Å². The fourth-order valence-electron chi connectivity index (χ4n) is 1.76. The molecule has 2 N–H and O–H groups in total. The summed E-state index contributed by atoms with van der Waals surface area (Å²) in [6.45, 7) is 2.91. The summed E-state index contributed by atoms with van der Waals surface area (Å²) in [4.78, 5) is 25.2. The van der Waals surface area contributed by atoms with Crippen molar-refractivity contribution in [2.24, 2.45) is 0 Å². The van der Waals surface area contributed by atoms with Crippen LogP contribution < -0.4 is 5.32 Å². The van der Waals surface area contributed by atoms with Gasteiger partial charge in [-0.25, -0.2) is 0 Å². The summed E-state index contributed by atoms with van der Waals surface area (Å²) in [6, 6.07) is 1.80. The first kappa shape index (κ1) is 14.9. The van der Waals surface area contributed by atoms with Crippen LogP contribution in [0.1, 0.15) is 5.69 Å². The summed E-state index contributed by atoms with van der Waals surface area (Å²) in [5.41, 5.74) is 0.854. The zero-order valence-electron chi connectivity index (χ0n) is 11.1. The molecule has 0 bridgehead atoms. The molecule has 1 aromatic heterocycles. The summed E-state index contributed by atoms with van der Waals surface area (Å²) >= 11 is 1.33. The Labute approximate surface area is 121 Å². The zero-order valence-corrected chi connectivity index (χ0v) is 11.9. The quantitative estimate of drug-likeness (QED) is 0.747. The van der Waals surface area contributed by atoms with Crippen LogP contribution in [0.4, 0.5) is 0 Å². The highest BCUT2D eigenvalue weighted by molar-refractivity contribution is 8.00. The average molecular weight is 298 g/mol. The monoisotopic (exact) mass is 298 g/mol. The van der Waals surface area contributed by atoms with Gasteiger partial charge >= 0.3 is 0 Å². The maximum absolute atomic E-state index is 11.8. The van der Waals surface area contributed by atoms with E-state index in [1.165, 1.54) is 11.8 Å². The number of nitrogens with one attached hydrogen (secondary N) is 2. The molecular weight excluding hydrogens is 280 g/mol. The number of nitrogens with zero attached hydrogens (tertiary/aromatic N) is 2. The van der Waals surface area contributed by atoms with Crippen molar-refractivity contribution in [3.63, 3.8) is 0 Å². The van der Waals surface area contributed by atoms with Gasteiger partial charge in [-0.1, -0.05) is 0 Å². The third kappa shape index (κ3) is 4.86. The van der Waals surface area contributed by atoms with E-state index < -0.39 is 0 Å². The number of thioether (sulfide) groups is 1. The van der Waals surface area contributed by atoms with Crippen molar-refractivity contribution in [1.29, 1.82) is 0 Å². The minimum absolute atomic E-state index is 0.0691. The first-order valence-corrected chi connectivity index (χ1v) is 7.59. The number of hydrogen-bond donors (Lipinski definition) is 2. The van der Waals surface area contributed by atoms with E-state index in [4.69, 9.17) is 4.74 Å². The maximum Gasteiger partial charge on any atom is 0.232 e. The van der Waals surface area contributed by atoms with Gasteiger partial charge in [0.2, 0.25) is 11.8 Å². The Bertz CT molecular complexity index is 432. The topological polar surface area (TPSA) is 87.3 Å². The van der Waals surface area contributed by atoms with Crippen LogP contribution in [0.2, 0.25) is 0 Å². The first-order valence-electron chi connectivity index (χ1n) is 6.44. The Hall–Kier alpha value is -1.54. The standard InChI is InChI=1S/C12H18N4O3S/c17-11(13-7-10-1-2-14-15-10)8-20-9-12(18)16-3-5-19-6-4-16/h1-2H,3-9H2,(H,13,17)(H,14,15). The molecule has 0 aliphatic carbocycles. The molecule has 1 aliphatic rings. The summed E-state index contributed by atoms with van der Waals surface area (Å²) < 4.78 is 5.19.